The number of rotatable bonds is 7. The van der Waals surface area contributed by atoms with Crippen LogP contribution in [-0.2, 0) is 11.3 Å². The monoisotopic (exact) mass is 376 g/mol. The van der Waals surface area contributed by atoms with Gasteiger partial charge >= 0.3 is 13.2 Å². The lowest BCUT2D eigenvalue weighted by atomic mass is 9.80. The molecular weight excluding hydrogens is 343 g/mol. The molecule has 1 aliphatic rings. The van der Waals surface area contributed by atoms with E-state index in [-0.39, 0.29) is 6.09 Å². The highest BCUT2D eigenvalue weighted by Crippen LogP contribution is 2.21. The van der Waals surface area contributed by atoms with Crippen LogP contribution < -0.4 is 5.46 Å². The van der Waals surface area contributed by atoms with Crippen LogP contribution in [0.1, 0.15) is 46.1 Å². The molecule has 1 aliphatic heterocycles. The Morgan fingerprint density at radius 2 is 1.74 bits per heavy atom. The lowest BCUT2D eigenvalue weighted by molar-refractivity contribution is -0.00294. The van der Waals surface area contributed by atoms with Crippen molar-refractivity contribution in [2.75, 3.05) is 26.2 Å². The molecule has 1 fully saturated rings. The Balaban J connectivity index is 1.78. The smallest absolute Gasteiger partial charge is 0.443 e. The van der Waals surface area contributed by atoms with E-state index < -0.39 is 12.7 Å². The van der Waals surface area contributed by atoms with E-state index in [0.29, 0.717) is 24.5 Å². The van der Waals surface area contributed by atoms with Gasteiger partial charge in [0, 0.05) is 32.7 Å². The van der Waals surface area contributed by atoms with E-state index in [4.69, 9.17) is 14.8 Å². The first kappa shape index (κ1) is 21.7. The number of carbonyl (C=O) groups excluding carboxylic acids is 1. The third kappa shape index (κ3) is 7.16. The van der Waals surface area contributed by atoms with Crippen molar-refractivity contribution in [2.45, 2.75) is 52.7 Å². The van der Waals surface area contributed by atoms with Gasteiger partial charge in [-0.05, 0) is 43.6 Å². The van der Waals surface area contributed by atoms with Gasteiger partial charge in [0.25, 0.3) is 0 Å². The zero-order valence-electron chi connectivity index (χ0n) is 17.0. The molecule has 0 aromatic heterocycles. The molecule has 0 spiro atoms. The highest BCUT2D eigenvalue weighted by atomic mass is 16.6. The molecule has 2 rings (SSSR count). The molecule has 7 heteroatoms. The Labute approximate surface area is 163 Å². The third-order valence-electron chi connectivity index (χ3n) is 5.00. The fourth-order valence-electron chi connectivity index (χ4n) is 3.13. The molecule has 1 aromatic carbocycles. The van der Waals surface area contributed by atoms with Gasteiger partial charge in [-0.2, -0.15) is 0 Å². The second-order valence-corrected chi connectivity index (χ2v) is 8.44. The zero-order chi connectivity index (χ0) is 20.0. The fraction of sp³-hybridized carbons (Fsp3) is 0.650. The molecule has 0 aliphatic carbocycles. The summed E-state index contributed by atoms with van der Waals surface area (Å²) in [4.78, 5) is 16.5. The van der Waals surface area contributed by atoms with E-state index in [9.17, 15) is 4.79 Å². The predicted molar refractivity (Wildman–Crippen MR) is 108 cm³/mol. The predicted octanol–water partition coefficient (Wildman–Crippen LogP) is 1.84. The molecule has 0 saturated carbocycles. The Morgan fingerprint density at radius 1 is 1.15 bits per heavy atom. The summed E-state index contributed by atoms with van der Waals surface area (Å²) in [5.74, 6) is 0.598. The number of amides is 1. The molecule has 1 aromatic rings. The van der Waals surface area contributed by atoms with Crippen LogP contribution in [0.15, 0.2) is 24.3 Å². The summed E-state index contributed by atoms with van der Waals surface area (Å²) in [5.41, 5.74) is 1.17. The third-order valence-corrected chi connectivity index (χ3v) is 5.00. The summed E-state index contributed by atoms with van der Waals surface area (Å²) in [5, 5.41) is 18.3. The Bertz CT molecular complexity index is 597. The number of nitrogens with zero attached hydrogens (tertiary/aromatic N) is 2. The van der Waals surface area contributed by atoms with E-state index in [1.807, 2.05) is 26.0 Å². The lowest BCUT2D eigenvalue weighted by Gasteiger charge is -2.36. The van der Waals surface area contributed by atoms with Crippen LogP contribution in [0.4, 0.5) is 4.79 Å². The molecule has 2 N–H and O–H groups in total. The van der Waals surface area contributed by atoms with Gasteiger partial charge in [-0.1, -0.05) is 38.1 Å². The first-order valence-corrected chi connectivity index (χ1v) is 9.81. The first-order chi connectivity index (χ1) is 12.7. The summed E-state index contributed by atoms with van der Waals surface area (Å²) < 4.78 is 5.74. The van der Waals surface area contributed by atoms with Gasteiger partial charge < -0.3 is 19.7 Å². The van der Waals surface area contributed by atoms with Gasteiger partial charge in [0.15, 0.2) is 0 Å². The molecule has 6 nitrogen and oxygen atoms in total. The second kappa shape index (κ2) is 9.58. The molecule has 0 atom stereocenters. The number of ether oxygens (including phenoxy) is 1. The minimum atomic E-state index is -1.43. The summed E-state index contributed by atoms with van der Waals surface area (Å²) >= 11 is 0. The van der Waals surface area contributed by atoms with Crippen molar-refractivity contribution < 1.29 is 19.6 Å². The van der Waals surface area contributed by atoms with Crippen molar-refractivity contribution in [1.29, 1.82) is 0 Å². The van der Waals surface area contributed by atoms with Crippen LogP contribution in [0.5, 0.6) is 0 Å². The van der Waals surface area contributed by atoms with E-state index >= 15 is 0 Å². The maximum atomic E-state index is 12.5. The molecule has 27 heavy (non-hydrogen) atoms. The molecule has 0 radical (unpaired) electrons. The second-order valence-electron chi connectivity index (χ2n) is 8.44. The van der Waals surface area contributed by atoms with Gasteiger partial charge in [0.05, 0.1) is 0 Å². The normalized spacial score (nSPS) is 15.9. The van der Waals surface area contributed by atoms with Crippen LogP contribution in [0.3, 0.4) is 0 Å². The van der Waals surface area contributed by atoms with Crippen molar-refractivity contribution in [3.05, 3.63) is 29.8 Å². The van der Waals surface area contributed by atoms with Gasteiger partial charge in [-0.25, -0.2) is 4.79 Å². The van der Waals surface area contributed by atoms with E-state index in [1.54, 1.807) is 17.0 Å². The van der Waals surface area contributed by atoms with Crippen molar-refractivity contribution in [3.8, 4) is 0 Å². The van der Waals surface area contributed by atoms with Crippen molar-refractivity contribution in [3.63, 3.8) is 0 Å². The zero-order valence-corrected chi connectivity index (χ0v) is 17.0. The van der Waals surface area contributed by atoms with Crippen LogP contribution >= 0.6 is 0 Å². The van der Waals surface area contributed by atoms with Crippen molar-refractivity contribution >= 4 is 18.7 Å². The summed E-state index contributed by atoms with van der Waals surface area (Å²) in [6.07, 6.45) is 1.69. The number of carbonyl (C=O) groups is 1. The Hall–Kier alpha value is -1.57. The number of hydrogen-bond donors (Lipinski definition) is 2. The number of benzene rings is 1. The summed E-state index contributed by atoms with van der Waals surface area (Å²) in [7, 11) is -1.43. The Morgan fingerprint density at radius 3 is 2.26 bits per heavy atom. The minimum absolute atomic E-state index is 0.218. The summed E-state index contributed by atoms with van der Waals surface area (Å²) in [6, 6.07) is 7.28. The number of piperazine rings is 1. The molecule has 0 unspecified atom stereocenters. The summed E-state index contributed by atoms with van der Waals surface area (Å²) in [6.45, 7) is 12.0. The molecule has 1 saturated heterocycles. The minimum Gasteiger partial charge on any atom is -0.443 e. The molecular formula is C20H33BN2O4. The first-order valence-electron chi connectivity index (χ1n) is 9.81. The van der Waals surface area contributed by atoms with Gasteiger partial charge in [0.2, 0.25) is 0 Å². The number of hydrogen-bond acceptors (Lipinski definition) is 5. The highest BCUT2D eigenvalue weighted by Gasteiger charge is 2.28. The van der Waals surface area contributed by atoms with Crippen LogP contribution in [0.2, 0.25) is 0 Å². The van der Waals surface area contributed by atoms with Crippen molar-refractivity contribution in [1.82, 2.24) is 9.80 Å². The van der Waals surface area contributed by atoms with Gasteiger partial charge in [-0.3, -0.25) is 4.90 Å². The maximum absolute atomic E-state index is 12.5. The molecule has 150 valence electrons. The maximum Gasteiger partial charge on any atom is 0.488 e. The average Bonchev–Trinajstić information content (AvgIpc) is 2.61. The highest BCUT2D eigenvalue weighted by molar-refractivity contribution is 6.58. The molecule has 1 amide bonds. The molecule has 0 bridgehead atoms. The van der Waals surface area contributed by atoms with Gasteiger partial charge in [0.1, 0.15) is 5.60 Å². The average molecular weight is 376 g/mol. The fourth-order valence-corrected chi connectivity index (χ4v) is 3.13. The quantitative estimate of drug-likeness (QED) is 0.711. The largest absolute Gasteiger partial charge is 0.488 e. The van der Waals surface area contributed by atoms with Crippen LogP contribution in [0.25, 0.3) is 0 Å². The van der Waals surface area contributed by atoms with E-state index in [2.05, 4.69) is 18.7 Å². The van der Waals surface area contributed by atoms with Gasteiger partial charge in [-0.15, -0.1) is 0 Å². The topological polar surface area (TPSA) is 73.2 Å². The lowest BCUT2D eigenvalue weighted by Crippen LogP contribution is -2.49. The van der Waals surface area contributed by atoms with E-state index in [1.165, 1.54) is 0 Å². The van der Waals surface area contributed by atoms with E-state index in [0.717, 1.165) is 38.0 Å². The van der Waals surface area contributed by atoms with Crippen LogP contribution in [-0.4, -0.2) is 64.8 Å². The standard InChI is InChI=1S/C20H33BN2O4/c1-16(2)9-10-20(3,4)27-19(24)23-13-11-22(12-14-23)15-17-5-7-18(8-6-17)21(25)26/h5-8,16,25-26H,9-15H2,1-4H3. The Kier molecular flexibility index (Phi) is 7.71. The molecule has 1 heterocycles. The SMILES string of the molecule is CC(C)CCC(C)(C)OC(=O)N1CCN(Cc2ccc(B(O)O)cc2)CC1. The van der Waals surface area contributed by atoms with Crippen LogP contribution in [0, 0.1) is 5.92 Å². The van der Waals surface area contributed by atoms with Crippen molar-refractivity contribution in [2.24, 2.45) is 5.92 Å².